The highest BCUT2D eigenvalue weighted by Crippen LogP contribution is 2.82. The number of nitrogens with two attached hydrogens (primary N) is 1. The van der Waals surface area contributed by atoms with Crippen LogP contribution >= 0.6 is 58.0 Å². The summed E-state index contributed by atoms with van der Waals surface area (Å²) in [6, 6.07) is -0.924. The van der Waals surface area contributed by atoms with Gasteiger partial charge < -0.3 is 29.8 Å². The number of methoxy groups -OCH3 is 4. The number of aliphatic carboxylic acids is 1. The molecule has 3 N–H and O–H groups in total. The Morgan fingerprint density at radius 1 is 0.373 bits per heavy atom. The van der Waals surface area contributed by atoms with Crippen LogP contribution in [0.4, 0.5) is 0 Å². The molecule has 0 bridgehead atoms. The van der Waals surface area contributed by atoms with E-state index in [0.717, 1.165) is 148 Å². The monoisotopic (exact) mass is 1850 g/mol. The summed E-state index contributed by atoms with van der Waals surface area (Å²) in [4.78, 5) is 125. The van der Waals surface area contributed by atoms with Gasteiger partial charge in [-0.3, -0.25) is 47.9 Å². The number of Topliss-reactive ketones (excluding diaryl/α,β-unsaturated/α-hetero) is 4. The van der Waals surface area contributed by atoms with Gasteiger partial charge in [0.15, 0.2) is 0 Å². The quantitative estimate of drug-likeness (QED) is 0.0539. The first-order valence-corrected chi connectivity index (χ1v) is 50.8. The van der Waals surface area contributed by atoms with Crippen molar-refractivity contribution in [3.8, 4) is 0 Å². The first-order chi connectivity index (χ1) is 58.5. The molecular weight excluding hydrogens is 1690 g/mol. The predicted molar refractivity (Wildman–Crippen MR) is 502 cm³/mol. The third kappa shape index (κ3) is 16.6. The lowest BCUT2D eigenvalue weighted by molar-refractivity contribution is -0.235. The van der Waals surface area contributed by atoms with Crippen molar-refractivity contribution < 1.29 is 72.0 Å². The zero-order valence-corrected chi connectivity index (χ0v) is 85.1. The van der Waals surface area contributed by atoms with Crippen molar-refractivity contribution in [1.29, 1.82) is 0 Å². The number of allylic oxidation sites excluding steroid dienone is 3. The molecule has 16 nitrogen and oxygen atoms in total. The zero-order chi connectivity index (χ0) is 94.4. The van der Waals surface area contributed by atoms with E-state index in [1.807, 2.05) is 0 Å². The van der Waals surface area contributed by atoms with Crippen LogP contribution in [0.3, 0.4) is 0 Å². The molecule has 0 aromatic rings. The SMILES string of the molecule is C=C(C)[C@@H]1CC[C@]2(C(=O)CC(CC(=O)OC)C(=O)OC)CC[C@]3(C)C(CCC4[C@@]5(C)CCC(=O)C(C)(C)C5CC[C@]43C)C12.C=C(C)[C@@H]1CC[C@]2(C(=O)Cl)CC[C@]3(C)C(CCC4[C@@]5(C)CCC(=O)C(C)(C)C5CC[C@]43C)C12.C=C(C)[C@@H]1CC[C@]2(C(=O)O)CC[C@]3(C)C(CCC4[C@@]5(C)CCC(=O)C(C)(C)C5CC[C@]43C)C12.COC(=O)CC(N)C(=O)OC.ClCCl.ClCCl. The highest BCUT2D eigenvalue weighted by Gasteiger charge is 2.77. The van der Waals surface area contributed by atoms with Crippen molar-refractivity contribution in [2.24, 2.45) is 182 Å². The Hall–Kier alpha value is -3.67. The van der Waals surface area contributed by atoms with E-state index < -0.39 is 52.6 Å². The fourth-order valence-electron chi connectivity index (χ4n) is 35.6. The number of halogens is 5. The van der Waals surface area contributed by atoms with Gasteiger partial charge in [-0.1, -0.05) is 140 Å². The second kappa shape index (κ2) is 37.9. The fourth-order valence-corrected chi connectivity index (χ4v) is 35.9. The van der Waals surface area contributed by atoms with Crippen LogP contribution in [0.15, 0.2) is 36.5 Å². The Bertz CT molecular complexity index is 4030. The number of carbonyl (C=O) groups excluding carboxylic acids is 9. The van der Waals surface area contributed by atoms with Gasteiger partial charge in [0.2, 0.25) is 5.24 Å². The van der Waals surface area contributed by atoms with E-state index >= 15 is 0 Å². The second-order valence-corrected chi connectivity index (χ2v) is 49.2. The molecule has 15 rings (SSSR count). The summed E-state index contributed by atoms with van der Waals surface area (Å²) < 4.78 is 18.5. The van der Waals surface area contributed by atoms with Crippen LogP contribution in [-0.2, 0) is 66.9 Å². The van der Waals surface area contributed by atoms with Crippen molar-refractivity contribution in [2.75, 3.05) is 39.1 Å². The van der Waals surface area contributed by atoms with Crippen LogP contribution in [0, 0.1) is 176 Å². The third-order valence-corrected chi connectivity index (χ3v) is 42.9. The maximum atomic E-state index is 14.5. The van der Waals surface area contributed by atoms with Crippen molar-refractivity contribution in [3.63, 3.8) is 0 Å². The number of rotatable bonds is 14. The van der Waals surface area contributed by atoms with Crippen molar-refractivity contribution in [3.05, 3.63) is 36.5 Å². The van der Waals surface area contributed by atoms with E-state index in [4.69, 9.17) is 73.2 Å². The van der Waals surface area contributed by atoms with E-state index in [-0.39, 0.29) is 129 Å². The Morgan fingerprint density at radius 2 is 0.667 bits per heavy atom. The molecule has 29 atom stereocenters. The number of ketones is 4. The van der Waals surface area contributed by atoms with E-state index in [1.165, 1.54) is 83.7 Å². The Balaban J connectivity index is 0.000000182. The standard InChI is InChI=1S/C37H56O6.C30H45ClO2.C30H46O3.C6H11NO4.2CH2Cl2/c1-22(2)24-12-17-37(29(39)20-23(32(41)43-9)21-30(40)42-8)19-18-35(6)25(31(24)37)10-11-27-34(5)15-14-28(38)33(3,4)26(34)13-16-36(27,35)7;1-18(2)19-10-15-30(25(31)33)17-16-28(6)20(24(19)30)8-9-22-27(5)13-12-23(32)26(3,4)21(27)11-14-29(22,28)7;1-18(2)19-10-15-30(25(32)33)17-16-28(6)20(24(19)30)8-9-22-27(5)13-12-23(31)26(3,4)21(27)11-14-29(22,28)7;1-10-5(8)3-4(7)6(9)11-2;2*2-1-3/h23-27,31H,1,10-21H2,2-9H3;19-22,24H,1,8-17H2,2-7H3;19-22,24H,1,8-17H2,2-7H3,(H,32,33);4H,3,7H2,1-2H3;2*1H2/t23?,24-,25?,26?,27?,31?,34-,35+,36+,37+;2*19-,20?,21?,22?,24?,27-,28+,29+,30-;;;/m000.../s1. The molecule has 0 amide bonds. The fraction of sp³-hybridized carbons (Fsp3) is 0.848. The second-order valence-electron chi connectivity index (χ2n) is 47.3. The van der Waals surface area contributed by atoms with Gasteiger partial charge in [0, 0.05) is 52.8 Å². The number of carboxylic acid groups (broad SMARTS) is 1. The number of alkyl halides is 4. The largest absolute Gasteiger partial charge is 0.481 e. The lowest BCUT2D eigenvalue weighted by Gasteiger charge is -2.72. The number of esters is 4. The summed E-state index contributed by atoms with van der Waals surface area (Å²) in [5, 5.41) is 10.8. The van der Waals surface area contributed by atoms with Crippen LogP contribution in [-0.4, -0.2) is 108 Å². The summed E-state index contributed by atoms with van der Waals surface area (Å²) in [5.41, 5.74) is 8.43. The van der Waals surface area contributed by atoms with Gasteiger partial charge in [-0.25, -0.2) is 0 Å². The van der Waals surface area contributed by atoms with Gasteiger partial charge in [-0.05, 0) is 343 Å². The van der Waals surface area contributed by atoms with Crippen LogP contribution < -0.4 is 5.73 Å². The molecule has 15 fully saturated rings. The van der Waals surface area contributed by atoms with E-state index in [1.54, 1.807) is 0 Å². The average Bonchev–Trinajstić information content (AvgIpc) is 1.50. The van der Waals surface area contributed by atoms with Crippen molar-refractivity contribution >= 4 is 116 Å². The van der Waals surface area contributed by atoms with Gasteiger partial charge in [-0.2, -0.15) is 0 Å². The molecule has 15 aliphatic rings. The van der Waals surface area contributed by atoms with Crippen LogP contribution in [0.2, 0.25) is 0 Å². The Kier molecular flexibility index (Phi) is 31.4. The van der Waals surface area contributed by atoms with E-state index in [0.29, 0.717) is 94.8 Å². The number of fused-ring (bicyclic) bond motifs is 21. The van der Waals surface area contributed by atoms with Crippen molar-refractivity contribution in [2.45, 2.75) is 343 Å². The molecular formula is C105H162Cl5NO15. The minimum Gasteiger partial charge on any atom is -0.481 e. The average molecular weight is 1860 g/mol. The van der Waals surface area contributed by atoms with Gasteiger partial charge in [-0.15, -0.1) is 46.4 Å². The topological polar surface area (TPSA) is 254 Å². The van der Waals surface area contributed by atoms with Gasteiger partial charge in [0.25, 0.3) is 0 Å². The molecule has 15 aliphatic carbocycles. The highest BCUT2D eigenvalue weighted by molar-refractivity contribution is 6.64. The maximum absolute atomic E-state index is 14.5. The normalized spacial score (nSPS) is 43.9. The van der Waals surface area contributed by atoms with Gasteiger partial charge >= 0.3 is 29.8 Å². The maximum Gasteiger partial charge on any atom is 0.323 e. The minimum atomic E-state index is -0.924. The first kappa shape index (κ1) is 104. The molecule has 0 radical (unpaired) electrons. The number of carbonyl (C=O) groups is 10. The molecule has 126 heavy (non-hydrogen) atoms. The molecule has 15 saturated carbocycles. The summed E-state index contributed by atoms with van der Waals surface area (Å²) >= 11 is 25.5. The predicted octanol–water partition coefficient (Wildman–Crippen LogP) is 24.7. The Morgan fingerprint density at radius 3 is 0.976 bits per heavy atom. The lowest BCUT2D eigenvalue weighted by atomic mass is 9.32. The molecule has 0 heterocycles. The van der Waals surface area contributed by atoms with Crippen LogP contribution in [0.25, 0.3) is 0 Å². The first-order valence-electron chi connectivity index (χ1n) is 48.3. The summed E-state index contributed by atoms with van der Waals surface area (Å²) in [5.74, 6) is 4.44. The van der Waals surface area contributed by atoms with E-state index in [2.05, 4.69) is 154 Å². The number of hydrogen-bond acceptors (Lipinski definition) is 15. The van der Waals surface area contributed by atoms with E-state index in [9.17, 15) is 53.1 Å². The van der Waals surface area contributed by atoms with Crippen LogP contribution in [0.1, 0.15) is 337 Å². The Labute approximate surface area is 782 Å². The van der Waals surface area contributed by atoms with Gasteiger partial charge in [0.05, 0.1) is 63.3 Å². The molecule has 14 unspecified atom stereocenters. The molecule has 0 aromatic heterocycles. The molecule has 0 spiro atoms. The molecule has 712 valence electrons. The highest BCUT2D eigenvalue weighted by atomic mass is 35.5. The minimum absolute atomic E-state index is 0.0212. The smallest absolute Gasteiger partial charge is 0.323 e. The third-order valence-electron chi connectivity index (χ3n) is 42.5. The van der Waals surface area contributed by atoms with Crippen molar-refractivity contribution in [1.82, 2.24) is 0 Å². The zero-order valence-electron chi connectivity index (χ0n) is 81.3. The molecule has 0 aromatic carbocycles. The van der Waals surface area contributed by atoms with Crippen LogP contribution in [0.5, 0.6) is 0 Å². The summed E-state index contributed by atoms with van der Waals surface area (Å²) in [6.07, 6.45) is 30.3. The molecule has 21 heteroatoms. The number of carboxylic acids is 1. The lowest BCUT2D eigenvalue weighted by Crippen LogP contribution is -2.66. The molecule has 0 aliphatic heterocycles. The van der Waals surface area contributed by atoms with Gasteiger partial charge in [0.1, 0.15) is 29.2 Å². The number of ether oxygens (including phenoxy) is 4. The summed E-state index contributed by atoms with van der Waals surface area (Å²) in [7, 11) is 5.06. The summed E-state index contributed by atoms with van der Waals surface area (Å²) in [6.45, 7) is 55.9. The number of hydrogen-bond donors (Lipinski definition) is 2. The molecule has 0 saturated heterocycles.